The summed E-state index contributed by atoms with van der Waals surface area (Å²) in [6, 6.07) is 3.44. The lowest BCUT2D eigenvalue weighted by Crippen LogP contribution is -2.08. The van der Waals surface area contributed by atoms with Gasteiger partial charge < -0.3 is 19.7 Å². The molecule has 20 heavy (non-hydrogen) atoms. The molecule has 1 aromatic heterocycles. The Morgan fingerprint density at radius 2 is 2.10 bits per heavy atom. The van der Waals surface area contributed by atoms with Crippen molar-refractivity contribution >= 4 is 11.6 Å². The average molecular weight is 298 g/mol. The molecule has 6 nitrogen and oxygen atoms in total. The van der Waals surface area contributed by atoms with E-state index in [2.05, 4.69) is 10.1 Å². The molecular weight excluding hydrogens is 282 g/mol. The molecule has 2 aromatic rings. The summed E-state index contributed by atoms with van der Waals surface area (Å²) in [7, 11) is 3.06. The van der Waals surface area contributed by atoms with Crippen LogP contribution in [-0.4, -0.2) is 30.9 Å². The van der Waals surface area contributed by atoms with Crippen LogP contribution >= 0.6 is 11.6 Å². The fourth-order valence-electron chi connectivity index (χ4n) is 1.70. The van der Waals surface area contributed by atoms with E-state index in [0.29, 0.717) is 40.3 Å². The predicted molar refractivity (Wildman–Crippen MR) is 75.3 cm³/mol. The molecule has 2 N–H and O–H groups in total. The standard InChI is InChI=1S/C13H16ClN3O3/c1-7(6-15)13-16-12(17-20-13)8-4-9(14)11(19-3)10(5-8)18-2/h4-5,7H,6,15H2,1-3H3. The molecule has 1 heterocycles. The number of rotatable bonds is 5. The van der Waals surface area contributed by atoms with E-state index in [9.17, 15) is 0 Å². The Kier molecular flexibility index (Phi) is 4.46. The first-order valence-electron chi connectivity index (χ1n) is 6.06. The highest BCUT2D eigenvalue weighted by atomic mass is 35.5. The van der Waals surface area contributed by atoms with Crippen molar-refractivity contribution < 1.29 is 14.0 Å². The summed E-state index contributed by atoms with van der Waals surface area (Å²) in [6.45, 7) is 2.35. The van der Waals surface area contributed by atoms with Gasteiger partial charge in [-0.1, -0.05) is 23.7 Å². The summed E-state index contributed by atoms with van der Waals surface area (Å²) in [4.78, 5) is 4.31. The molecule has 1 unspecified atom stereocenters. The fourth-order valence-corrected chi connectivity index (χ4v) is 1.99. The molecule has 0 bridgehead atoms. The van der Waals surface area contributed by atoms with Gasteiger partial charge in [0.2, 0.25) is 11.7 Å². The number of methoxy groups -OCH3 is 2. The van der Waals surface area contributed by atoms with Gasteiger partial charge in [-0.25, -0.2) is 0 Å². The van der Waals surface area contributed by atoms with Crippen LogP contribution in [0.3, 0.4) is 0 Å². The molecule has 2 rings (SSSR count). The van der Waals surface area contributed by atoms with E-state index in [-0.39, 0.29) is 5.92 Å². The number of hydrogen-bond acceptors (Lipinski definition) is 6. The van der Waals surface area contributed by atoms with Crippen LogP contribution in [0.1, 0.15) is 18.7 Å². The number of benzene rings is 1. The van der Waals surface area contributed by atoms with Gasteiger partial charge in [-0.2, -0.15) is 4.98 Å². The van der Waals surface area contributed by atoms with Gasteiger partial charge in [-0.3, -0.25) is 0 Å². The van der Waals surface area contributed by atoms with E-state index < -0.39 is 0 Å². The normalized spacial score (nSPS) is 12.2. The van der Waals surface area contributed by atoms with Crippen LogP contribution in [0.4, 0.5) is 0 Å². The van der Waals surface area contributed by atoms with Crippen molar-refractivity contribution in [2.24, 2.45) is 5.73 Å². The van der Waals surface area contributed by atoms with E-state index >= 15 is 0 Å². The van der Waals surface area contributed by atoms with Crippen LogP contribution in [0.15, 0.2) is 16.7 Å². The second kappa shape index (κ2) is 6.11. The van der Waals surface area contributed by atoms with Crippen molar-refractivity contribution in [3.63, 3.8) is 0 Å². The third kappa shape index (κ3) is 2.71. The van der Waals surface area contributed by atoms with Crippen molar-refractivity contribution in [2.75, 3.05) is 20.8 Å². The highest BCUT2D eigenvalue weighted by Gasteiger charge is 2.17. The maximum absolute atomic E-state index is 6.15. The Morgan fingerprint density at radius 3 is 2.70 bits per heavy atom. The summed E-state index contributed by atoms with van der Waals surface area (Å²) < 4.78 is 15.6. The van der Waals surface area contributed by atoms with Gasteiger partial charge in [-0.05, 0) is 12.1 Å². The van der Waals surface area contributed by atoms with E-state index in [1.54, 1.807) is 12.1 Å². The molecule has 0 aliphatic rings. The minimum atomic E-state index is 0.00636. The third-order valence-corrected chi connectivity index (χ3v) is 3.19. The molecule has 0 saturated heterocycles. The van der Waals surface area contributed by atoms with E-state index in [1.807, 2.05) is 6.92 Å². The largest absolute Gasteiger partial charge is 0.493 e. The van der Waals surface area contributed by atoms with Gasteiger partial charge in [0.25, 0.3) is 0 Å². The van der Waals surface area contributed by atoms with Gasteiger partial charge in [-0.15, -0.1) is 0 Å². The van der Waals surface area contributed by atoms with Crippen molar-refractivity contribution in [2.45, 2.75) is 12.8 Å². The van der Waals surface area contributed by atoms with Crippen molar-refractivity contribution in [3.05, 3.63) is 23.0 Å². The van der Waals surface area contributed by atoms with Crippen LogP contribution in [0, 0.1) is 0 Å². The third-order valence-electron chi connectivity index (χ3n) is 2.91. The van der Waals surface area contributed by atoms with Crippen LogP contribution in [0.5, 0.6) is 11.5 Å². The Hall–Kier alpha value is -1.79. The van der Waals surface area contributed by atoms with Crippen molar-refractivity contribution in [3.8, 4) is 22.9 Å². The first kappa shape index (κ1) is 14.6. The smallest absolute Gasteiger partial charge is 0.231 e. The Bertz CT molecular complexity index is 601. The first-order valence-corrected chi connectivity index (χ1v) is 6.44. The minimum Gasteiger partial charge on any atom is -0.493 e. The second-order valence-electron chi connectivity index (χ2n) is 4.29. The number of aromatic nitrogens is 2. The number of hydrogen-bond donors (Lipinski definition) is 1. The van der Waals surface area contributed by atoms with E-state index in [1.165, 1.54) is 14.2 Å². The monoisotopic (exact) mass is 297 g/mol. The zero-order valence-corrected chi connectivity index (χ0v) is 12.3. The number of nitrogens with zero attached hydrogens (tertiary/aromatic N) is 2. The molecule has 0 radical (unpaired) electrons. The highest BCUT2D eigenvalue weighted by Crippen LogP contribution is 2.38. The zero-order valence-electron chi connectivity index (χ0n) is 11.5. The molecule has 0 saturated carbocycles. The molecule has 0 aliphatic carbocycles. The topological polar surface area (TPSA) is 83.4 Å². The van der Waals surface area contributed by atoms with Gasteiger partial charge >= 0.3 is 0 Å². The summed E-state index contributed by atoms with van der Waals surface area (Å²) >= 11 is 6.15. The molecular formula is C13H16ClN3O3. The number of halogens is 1. The molecule has 108 valence electrons. The Balaban J connectivity index is 2.42. The van der Waals surface area contributed by atoms with E-state index in [0.717, 1.165) is 0 Å². The lowest BCUT2D eigenvalue weighted by Gasteiger charge is -2.10. The van der Waals surface area contributed by atoms with Crippen LogP contribution in [-0.2, 0) is 0 Å². The minimum absolute atomic E-state index is 0.00636. The molecule has 1 aromatic carbocycles. The Labute approximate surface area is 121 Å². The van der Waals surface area contributed by atoms with Crippen molar-refractivity contribution in [1.29, 1.82) is 0 Å². The maximum atomic E-state index is 6.15. The molecule has 0 spiro atoms. The van der Waals surface area contributed by atoms with Crippen LogP contribution < -0.4 is 15.2 Å². The SMILES string of the molecule is COc1cc(-c2noc(C(C)CN)n2)cc(Cl)c1OC. The van der Waals surface area contributed by atoms with Crippen molar-refractivity contribution in [1.82, 2.24) is 10.1 Å². The van der Waals surface area contributed by atoms with Crippen LogP contribution in [0.25, 0.3) is 11.4 Å². The maximum Gasteiger partial charge on any atom is 0.231 e. The van der Waals surface area contributed by atoms with Crippen LogP contribution in [0.2, 0.25) is 5.02 Å². The predicted octanol–water partition coefficient (Wildman–Crippen LogP) is 2.47. The molecule has 1 atom stereocenters. The molecule has 0 aliphatic heterocycles. The average Bonchev–Trinajstić information content (AvgIpc) is 2.95. The summed E-state index contributed by atoms with van der Waals surface area (Å²) in [5, 5.41) is 4.35. The van der Waals surface area contributed by atoms with E-state index in [4.69, 9.17) is 31.3 Å². The molecule has 7 heteroatoms. The fraction of sp³-hybridized carbons (Fsp3) is 0.385. The van der Waals surface area contributed by atoms with Gasteiger partial charge in [0.1, 0.15) is 0 Å². The molecule has 0 amide bonds. The van der Waals surface area contributed by atoms with Gasteiger partial charge in [0.05, 0.1) is 19.2 Å². The zero-order chi connectivity index (χ0) is 14.7. The summed E-state index contributed by atoms with van der Waals surface area (Å²) in [5.41, 5.74) is 6.26. The quantitative estimate of drug-likeness (QED) is 0.912. The lowest BCUT2D eigenvalue weighted by molar-refractivity contribution is 0.355. The van der Waals surface area contributed by atoms with Gasteiger partial charge in [0.15, 0.2) is 11.5 Å². The number of ether oxygens (including phenoxy) is 2. The summed E-state index contributed by atoms with van der Waals surface area (Å²) in [6.07, 6.45) is 0. The summed E-state index contributed by atoms with van der Waals surface area (Å²) in [5.74, 6) is 1.91. The lowest BCUT2D eigenvalue weighted by atomic mass is 10.1. The van der Waals surface area contributed by atoms with Gasteiger partial charge in [0, 0.05) is 18.0 Å². The first-order chi connectivity index (χ1) is 9.60. The highest BCUT2D eigenvalue weighted by molar-refractivity contribution is 6.32. The molecule has 0 fully saturated rings. The second-order valence-corrected chi connectivity index (χ2v) is 4.69. The Morgan fingerprint density at radius 1 is 1.35 bits per heavy atom. The number of nitrogens with two attached hydrogens (primary N) is 1.